The van der Waals surface area contributed by atoms with Crippen LogP contribution in [0.15, 0.2) is 24.3 Å². The van der Waals surface area contributed by atoms with Crippen LogP contribution in [0.5, 0.6) is 0 Å². The van der Waals surface area contributed by atoms with Gasteiger partial charge in [-0.05, 0) is 17.7 Å². The Labute approximate surface area is 87.7 Å². The topological polar surface area (TPSA) is 63.4 Å². The molecule has 2 rings (SSSR count). The van der Waals surface area contributed by atoms with E-state index in [-0.39, 0.29) is 11.8 Å². The minimum absolute atomic E-state index is 0.125. The first-order chi connectivity index (χ1) is 7.22. The number of nitrogens with zero attached hydrogens (tertiary/aromatic N) is 1. The van der Waals surface area contributed by atoms with Gasteiger partial charge in [-0.1, -0.05) is 12.1 Å². The molecular weight excluding hydrogens is 192 g/mol. The molecule has 0 saturated carbocycles. The van der Waals surface area contributed by atoms with E-state index in [1.165, 1.54) is 4.90 Å². The lowest BCUT2D eigenvalue weighted by atomic mass is 10.2. The third-order valence-corrected chi connectivity index (χ3v) is 2.48. The summed E-state index contributed by atoms with van der Waals surface area (Å²) in [6.07, 6.45) is 0.634. The van der Waals surface area contributed by atoms with Gasteiger partial charge in [0.15, 0.2) is 0 Å². The number of carbonyl (C=O) groups is 2. The van der Waals surface area contributed by atoms with Crippen LogP contribution < -0.4 is 10.6 Å². The van der Waals surface area contributed by atoms with Gasteiger partial charge in [0.1, 0.15) is 0 Å². The van der Waals surface area contributed by atoms with Crippen molar-refractivity contribution in [1.29, 1.82) is 0 Å². The van der Waals surface area contributed by atoms with Crippen molar-refractivity contribution in [3.8, 4) is 0 Å². The van der Waals surface area contributed by atoms with Crippen molar-refractivity contribution in [3.63, 3.8) is 0 Å². The van der Waals surface area contributed by atoms with Gasteiger partial charge in [0.25, 0.3) is 0 Å². The highest BCUT2D eigenvalue weighted by molar-refractivity contribution is 6.19. The fourth-order valence-electron chi connectivity index (χ4n) is 1.65. The van der Waals surface area contributed by atoms with Gasteiger partial charge >= 0.3 is 0 Å². The van der Waals surface area contributed by atoms with Crippen molar-refractivity contribution in [1.82, 2.24) is 0 Å². The van der Waals surface area contributed by atoms with Crippen LogP contribution in [0.1, 0.15) is 18.4 Å². The number of rotatable bonds is 2. The Bertz CT molecular complexity index is 382. The van der Waals surface area contributed by atoms with E-state index in [4.69, 9.17) is 5.73 Å². The quantitative estimate of drug-likeness (QED) is 0.725. The highest BCUT2D eigenvalue weighted by Crippen LogP contribution is 2.22. The summed E-state index contributed by atoms with van der Waals surface area (Å²) >= 11 is 0. The average Bonchev–Trinajstić information content (AvgIpc) is 2.59. The molecule has 1 aromatic rings. The number of imide groups is 1. The highest BCUT2D eigenvalue weighted by Gasteiger charge is 2.29. The molecule has 0 radical (unpaired) electrons. The van der Waals surface area contributed by atoms with Crippen LogP contribution >= 0.6 is 0 Å². The number of amides is 2. The van der Waals surface area contributed by atoms with Crippen LogP contribution in [0.25, 0.3) is 0 Å². The molecule has 1 fully saturated rings. The first kappa shape index (κ1) is 9.86. The second-order valence-electron chi connectivity index (χ2n) is 3.49. The van der Waals surface area contributed by atoms with Crippen molar-refractivity contribution in [2.45, 2.75) is 19.4 Å². The monoisotopic (exact) mass is 204 g/mol. The lowest BCUT2D eigenvalue weighted by molar-refractivity contribution is -0.121. The lowest BCUT2D eigenvalue weighted by Gasteiger charge is -2.13. The van der Waals surface area contributed by atoms with Crippen molar-refractivity contribution < 1.29 is 9.59 Å². The zero-order valence-corrected chi connectivity index (χ0v) is 8.27. The molecule has 2 amide bonds. The van der Waals surface area contributed by atoms with E-state index in [0.717, 1.165) is 5.56 Å². The van der Waals surface area contributed by atoms with Gasteiger partial charge in [-0.25, -0.2) is 0 Å². The summed E-state index contributed by atoms with van der Waals surface area (Å²) in [6, 6.07) is 7.16. The number of anilines is 1. The molecule has 15 heavy (non-hydrogen) atoms. The summed E-state index contributed by atoms with van der Waals surface area (Å²) in [4.78, 5) is 24.1. The summed E-state index contributed by atoms with van der Waals surface area (Å²) in [5.41, 5.74) is 7.08. The molecule has 0 unspecified atom stereocenters. The van der Waals surface area contributed by atoms with Gasteiger partial charge in [-0.15, -0.1) is 0 Å². The van der Waals surface area contributed by atoms with E-state index in [1.54, 1.807) is 12.1 Å². The van der Waals surface area contributed by atoms with Crippen molar-refractivity contribution in [2.24, 2.45) is 5.73 Å². The fraction of sp³-hybridized carbons (Fsp3) is 0.273. The van der Waals surface area contributed by atoms with Crippen LogP contribution in [0.4, 0.5) is 5.69 Å². The summed E-state index contributed by atoms with van der Waals surface area (Å²) in [7, 11) is 0. The second kappa shape index (κ2) is 3.82. The van der Waals surface area contributed by atoms with E-state index in [2.05, 4.69) is 0 Å². The highest BCUT2D eigenvalue weighted by atomic mass is 16.2. The minimum Gasteiger partial charge on any atom is -0.326 e. The van der Waals surface area contributed by atoms with E-state index < -0.39 is 0 Å². The number of benzene rings is 1. The molecular formula is C11H12N2O2. The Morgan fingerprint density at radius 1 is 1.07 bits per heavy atom. The third kappa shape index (κ3) is 1.76. The Balaban J connectivity index is 2.29. The Hall–Kier alpha value is -1.68. The fourth-order valence-corrected chi connectivity index (χ4v) is 1.65. The molecule has 4 heteroatoms. The molecule has 0 bridgehead atoms. The van der Waals surface area contributed by atoms with Gasteiger partial charge < -0.3 is 5.73 Å². The predicted octanol–water partition coefficient (Wildman–Crippen LogP) is 0.799. The molecule has 1 aliphatic heterocycles. The van der Waals surface area contributed by atoms with Gasteiger partial charge in [-0.2, -0.15) is 0 Å². The zero-order chi connectivity index (χ0) is 10.8. The van der Waals surface area contributed by atoms with Gasteiger partial charge in [0, 0.05) is 19.4 Å². The van der Waals surface area contributed by atoms with E-state index in [9.17, 15) is 9.59 Å². The molecule has 2 N–H and O–H groups in total. The number of hydrogen-bond acceptors (Lipinski definition) is 3. The lowest BCUT2D eigenvalue weighted by Crippen LogP contribution is -2.28. The molecule has 78 valence electrons. The maximum Gasteiger partial charge on any atom is 0.234 e. The van der Waals surface area contributed by atoms with E-state index in [0.29, 0.717) is 25.1 Å². The largest absolute Gasteiger partial charge is 0.326 e. The van der Waals surface area contributed by atoms with Crippen LogP contribution in [-0.2, 0) is 16.1 Å². The molecule has 0 spiro atoms. The molecule has 1 heterocycles. The molecule has 0 atom stereocenters. The minimum atomic E-state index is -0.125. The molecule has 0 aromatic heterocycles. The first-order valence-electron chi connectivity index (χ1n) is 4.87. The average molecular weight is 204 g/mol. The Kier molecular flexibility index (Phi) is 2.51. The molecule has 1 saturated heterocycles. The second-order valence-corrected chi connectivity index (χ2v) is 3.49. The van der Waals surface area contributed by atoms with E-state index >= 15 is 0 Å². The van der Waals surface area contributed by atoms with Gasteiger partial charge in [0.2, 0.25) is 11.8 Å². The molecule has 1 aromatic carbocycles. The smallest absolute Gasteiger partial charge is 0.234 e. The maximum absolute atomic E-state index is 11.4. The molecule has 0 aliphatic carbocycles. The third-order valence-electron chi connectivity index (χ3n) is 2.48. The van der Waals surface area contributed by atoms with Crippen LogP contribution in [0.2, 0.25) is 0 Å². The molecule has 4 nitrogen and oxygen atoms in total. The maximum atomic E-state index is 11.4. The zero-order valence-electron chi connectivity index (χ0n) is 8.27. The number of hydrogen-bond donors (Lipinski definition) is 1. The van der Waals surface area contributed by atoms with Crippen molar-refractivity contribution in [3.05, 3.63) is 29.8 Å². The Morgan fingerprint density at radius 2 is 1.60 bits per heavy atom. The van der Waals surface area contributed by atoms with Crippen molar-refractivity contribution >= 4 is 17.5 Å². The summed E-state index contributed by atoms with van der Waals surface area (Å²) in [5, 5.41) is 0. The van der Waals surface area contributed by atoms with Crippen LogP contribution in [0.3, 0.4) is 0 Å². The van der Waals surface area contributed by atoms with Crippen LogP contribution in [-0.4, -0.2) is 11.8 Å². The molecule has 1 aliphatic rings. The standard InChI is InChI=1S/C11H12N2O2/c12-7-8-1-3-9(4-2-8)13-10(14)5-6-11(13)15/h1-4H,5-7,12H2. The Morgan fingerprint density at radius 3 is 2.07 bits per heavy atom. The summed E-state index contributed by atoms with van der Waals surface area (Å²) in [6.45, 7) is 0.460. The summed E-state index contributed by atoms with van der Waals surface area (Å²) in [5.74, 6) is -0.249. The number of nitrogens with two attached hydrogens (primary N) is 1. The van der Waals surface area contributed by atoms with Gasteiger partial charge in [-0.3, -0.25) is 14.5 Å². The normalized spacial score (nSPS) is 16.2. The van der Waals surface area contributed by atoms with E-state index in [1.807, 2.05) is 12.1 Å². The first-order valence-corrected chi connectivity index (χ1v) is 4.87. The van der Waals surface area contributed by atoms with Gasteiger partial charge in [0.05, 0.1) is 5.69 Å². The van der Waals surface area contributed by atoms with Crippen LogP contribution in [0, 0.1) is 0 Å². The number of carbonyl (C=O) groups excluding carboxylic acids is 2. The predicted molar refractivity (Wildman–Crippen MR) is 56.1 cm³/mol. The summed E-state index contributed by atoms with van der Waals surface area (Å²) < 4.78 is 0. The SMILES string of the molecule is NCc1ccc(N2C(=O)CCC2=O)cc1. The van der Waals surface area contributed by atoms with Crippen molar-refractivity contribution in [2.75, 3.05) is 4.90 Å².